The van der Waals surface area contributed by atoms with Gasteiger partial charge in [0.2, 0.25) is 0 Å². The molecule has 5 heteroatoms. The molecule has 21 heavy (non-hydrogen) atoms. The zero-order chi connectivity index (χ0) is 15.2. The van der Waals surface area contributed by atoms with Gasteiger partial charge in [0.15, 0.2) is 0 Å². The maximum absolute atomic E-state index is 13.5. The molecule has 0 aliphatic carbocycles. The van der Waals surface area contributed by atoms with Gasteiger partial charge in [0.05, 0.1) is 12.1 Å². The van der Waals surface area contributed by atoms with Crippen LogP contribution in [-0.2, 0) is 0 Å². The van der Waals surface area contributed by atoms with Crippen LogP contribution in [-0.4, -0.2) is 19.1 Å². The molecule has 0 fully saturated rings. The number of nitrogen functional groups attached to an aromatic ring is 1. The summed E-state index contributed by atoms with van der Waals surface area (Å²) in [5.41, 5.74) is 6.92. The van der Waals surface area contributed by atoms with Gasteiger partial charge in [-0.15, -0.1) is 0 Å². The van der Waals surface area contributed by atoms with Gasteiger partial charge < -0.3 is 15.8 Å². The second-order valence-electron chi connectivity index (χ2n) is 4.66. The summed E-state index contributed by atoms with van der Waals surface area (Å²) in [5.74, 6) is -0.367. The smallest absolute Gasteiger partial charge is 0.254 e. The highest BCUT2D eigenvalue weighted by atomic mass is 19.1. The van der Waals surface area contributed by atoms with Crippen LogP contribution in [0.3, 0.4) is 0 Å². The maximum Gasteiger partial charge on any atom is 0.254 e. The molecule has 3 N–H and O–H groups in total. The van der Waals surface area contributed by atoms with E-state index in [9.17, 15) is 9.18 Å². The Morgan fingerprint density at radius 1 is 1.29 bits per heavy atom. The first-order valence-corrected chi connectivity index (χ1v) is 6.59. The molecule has 0 atom stereocenters. The number of hydrogen-bond donors (Lipinski definition) is 2. The van der Waals surface area contributed by atoms with Gasteiger partial charge in [0, 0.05) is 5.69 Å². The van der Waals surface area contributed by atoms with Gasteiger partial charge in [0.1, 0.15) is 18.2 Å². The molecule has 0 spiro atoms. The molecular formula is C16H17FN2O2. The molecule has 1 amide bonds. The molecule has 2 aromatic carbocycles. The number of amides is 1. The first-order chi connectivity index (χ1) is 10.1. The fraction of sp³-hybridized carbons (Fsp3) is 0.188. The van der Waals surface area contributed by atoms with Crippen molar-refractivity contribution in [2.75, 3.05) is 18.9 Å². The van der Waals surface area contributed by atoms with Crippen molar-refractivity contribution >= 4 is 11.6 Å². The highest BCUT2D eigenvalue weighted by molar-refractivity contribution is 5.95. The summed E-state index contributed by atoms with van der Waals surface area (Å²) in [5, 5.41) is 2.59. The predicted molar refractivity (Wildman–Crippen MR) is 79.8 cm³/mol. The lowest BCUT2D eigenvalue weighted by Gasteiger charge is -2.09. The summed E-state index contributed by atoms with van der Waals surface area (Å²) < 4.78 is 19.0. The highest BCUT2D eigenvalue weighted by Gasteiger charge is 2.11. The Morgan fingerprint density at radius 2 is 2.10 bits per heavy atom. The fourth-order valence-corrected chi connectivity index (χ4v) is 1.85. The molecule has 0 saturated heterocycles. The highest BCUT2D eigenvalue weighted by Crippen LogP contribution is 2.13. The van der Waals surface area contributed by atoms with Crippen molar-refractivity contribution in [3.05, 3.63) is 59.4 Å². The minimum Gasteiger partial charge on any atom is -0.492 e. The quantitative estimate of drug-likeness (QED) is 0.656. The lowest BCUT2D eigenvalue weighted by Crippen LogP contribution is -2.28. The zero-order valence-corrected chi connectivity index (χ0v) is 11.7. The fourth-order valence-electron chi connectivity index (χ4n) is 1.85. The monoisotopic (exact) mass is 288 g/mol. The van der Waals surface area contributed by atoms with E-state index >= 15 is 0 Å². The van der Waals surface area contributed by atoms with Gasteiger partial charge in [-0.3, -0.25) is 4.79 Å². The largest absolute Gasteiger partial charge is 0.492 e. The number of halogens is 1. The normalized spacial score (nSPS) is 10.2. The Hall–Kier alpha value is -2.56. The van der Waals surface area contributed by atoms with Crippen molar-refractivity contribution in [2.24, 2.45) is 0 Å². The third kappa shape index (κ3) is 4.21. The molecule has 2 rings (SSSR count). The molecule has 0 unspecified atom stereocenters. The molecule has 2 aromatic rings. The summed E-state index contributed by atoms with van der Waals surface area (Å²) in [4.78, 5) is 11.8. The topological polar surface area (TPSA) is 64.3 Å². The van der Waals surface area contributed by atoms with E-state index in [-0.39, 0.29) is 12.1 Å². The molecule has 0 heterocycles. The molecule has 0 aliphatic heterocycles. The van der Waals surface area contributed by atoms with Crippen LogP contribution >= 0.6 is 0 Å². The third-order valence-electron chi connectivity index (χ3n) is 2.88. The number of nitrogens with two attached hydrogens (primary N) is 1. The van der Waals surface area contributed by atoms with Crippen LogP contribution < -0.4 is 15.8 Å². The number of aryl methyl sites for hydroxylation is 1. The number of hydrogen-bond acceptors (Lipinski definition) is 3. The Balaban J connectivity index is 1.83. The maximum atomic E-state index is 13.5. The number of benzene rings is 2. The minimum atomic E-state index is -0.596. The van der Waals surface area contributed by atoms with Crippen LogP contribution in [0.15, 0.2) is 42.5 Å². The Kier molecular flexibility index (Phi) is 4.77. The third-order valence-corrected chi connectivity index (χ3v) is 2.88. The molecule has 0 aliphatic rings. The second-order valence-corrected chi connectivity index (χ2v) is 4.66. The molecule has 0 radical (unpaired) electrons. The van der Waals surface area contributed by atoms with E-state index in [2.05, 4.69) is 5.32 Å². The van der Waals surface area contributed by atoms with Crippen molar-refractivity contribution < 1.29 is 13.9 Å². The first kappa shape index (κ1) is 14.8. The Morgan fingerprint density at radius 3 is 2.86 bits per heavy atom. The van der Waals surface area contributed by atoms with E-state index in [0.717, 1.165) is 11.3 Å². The minimum absolute atomic E-state index is 0.0643. The average Bonchev–Trinajstić information content (AvgIpc) is 2.46. The van der Waals surface area contributed by atoms with Gasteiger partial charge in [-0.25, -0.2) is 4.39 Å². The van der Waals surface area contributed by atoms with Crippen LogP contribution in [0.25, 0.3) is 0 Å². The number of rotatable bonds is 5. The van der Waals surface area contributed by atoms with Gasteiger partial charge >= 0.3 is 0 Å². The van der Waals surface area contributed by atoms with Gasteiger partial charge in [-0.2, -0.15) is 0 Å². The molecule has 110 valence electrons. The van der Waals surface area contributed by atoms with E-state index in [0.29, 0.717) is 12.3 Å². The van der Waals surface area contributed by atoms with E-state index in [4.69, 9.17) is 10.5 Å². The predicted octanol–water partition coefficient (Wildman–Crippen LogP) is 2.53. The Labute approximate surface area is 122 Å². The van der Waals surface area contributed by atoms with Crippen molar-refractivity contribution in [3.63, 3.8) is 0 Å². The molecule has 0 bridgehead atoms. The molecule has 0 aromatic heterocycles. The first-order valence-electron chi connectivity index (χ1n) is 6.59. The summed E-state index contributed by atoms with van der Waals surface area (Å²) in [7, 11) is 0. The van der Waals surface area contributed by atoms with Crippen LogP contribution in [0.5, 0.6) is 5.75 Å². The van der Waals surface area contributed by atoms with Gasteiger partial charge in [0.25, 0.3) is 5.91 Å². The zero-order valence-electron chi connectivity index (χ0n) is 11.7. The number of carbonyl (C=O) groups excluding carboxylic acids is 1. The van der Waals surface area contributed by atoms with Gasteiger partial charge in [-0.1, -0.05) is 12.1 Å². The lowest BCUT2D eigenvalue weighted by atomic mass is 10.2. The average molecular weight is 288 g/mol. The van der Waals surface area contributed by atoms with Crippen LogP contribution in [0.2, 0.25) is 0 Å². The van der Waals surface area contributed by atoms with Gasteiger partial charge in [-0.05, 0) is 42.8 Å². The van der Waals surface area contributed by atoms with E-state index in [1.165, 1.54) is 18.2 Å². The van der Waals surface area contributed by atoms with Crippen LogP contribution in [0, 0.1) is 12.7 Å². The van der Waals surface area contributed by atoms with Crippen molar-refractivity contribution in [2.45, 2.75) is 6.92 Å². The van der Waals surface area contributed by atoms with Crippen molar-refractivity contribution in [1.82, 2.24) is 5.32 Å². The number of carbonyl (C=O) groups is 1. The van der Waals surface area contributed by atoms with E-state index in [1.54, 1.807) is 0 Å². The molecule has 0 saturated carbocycles. The number of ether oxygens (including phenoxy) is 1. The SMILES string of the molecule is Cc1cccc(OCCNC(=O)c2cc(N)ccc2F)c1. The number of nitrogens with one attached hydrogen (secondary N) is 1. The van der Waals surface area contributed by atoms with E-state index in [1.807, 2.05) is 31.2 Å². The summed E-state index contributed by atoms with van der Waals surface area (Å²) in [6.07, 6.45) is 0. The Bertz CT molecular complexity index is 644. The van der Waals surface area contributed by atoms with E-state index < -0.39 is 11.7 Å². The summed E-state index contributed by atoms with van der Waals surface area (Å²) in [6, 6.07) is 11.5. The lowest BCUT2D eigenvalue weighted by molar-refractivity contribution is 0.0943. The summed E-state index contributed by atoms with van der Waals surface area (Å²) in [6.45, 7) is 2.55. The van der Waals surface area contributed by atoms with Crippen molar-refractivity contribution in [3.8, 4) is 5.75 Å². The molecular weight excluding hydrogens is 271 g/mol. The molecule has 4 nitrogen and oxygen atoms in total. The summed E-state index contributed by atoms with van der Waals surface area (Å²) >= 11 is 0. The van der Waals surface area contributed by atoms with Crippen LogP contribution in [0.1, 0.15) is 15.9 Å². The number of anilines is 1. The standard InChI is InChI=1S/C16H17FN2O2/c1-11-3-2-4-13(9-11)21-8-7-19-16(20)14-10-12(18)5-6-15(14)17/h2-6,9-10H,7-8,18H2,1H3,(H,19,20). The second kappa shape index (κ2) is 6.74. The van der Waals surface area contributed by atoms with Crippen molar-refractivity contribution in [1.29, 1.82) is 0 Å². The van der Waals surface area contributed by atoms with Crippen LogP contribution in [0.4, 0.5) is 10.1 Å².